The Morgan fingerprint density at radius 1 is 1.17 bits per heavy atom. The molecule has 156 valence electrons. The van der Waals surface area contributed by atoms with E-state index in [4.69, 9.17) is 0 Å². The van der Waals surface area contributed by atoms with Gasteiger partial charge in [-0.2, -0.15) is 0 Å². The van der Waals surface area contributed by atoms with E-state index in [9.17, 15) is 9.90 Å². The summed E-state index contributed by atoms with van der Waals surface area (Å²) in [6, 6.07) is 13.2. The molecule has 3 atom stereocenters. The molecule has 1 saturated carbocycles. The standard InChI is InChI=1S/C24H32N2O2S/c1-24(28)14-15-26(17-18-9-4-2-5-10-18)21(20-13-8-16-29-20)22(24)25-23(27)19-11-6-3-7-12-19/h3,6-8,11-13,16,18,21-22,28H,2,4-5,9-10,14-15,17H2,1H3,(H,25,27)/t21-,22-,24+/m0/s1. The lowest BCUT2D eigenvalue weighted by atomic mass is 9.80. The molecule has 4 rings (SSSR count). The largest absolute Gasteiger partial charge is 0.388 e. The van der Waals surface area contributed by atoms with Crippen LogP contribution in [-0.2, 0) is 0 Å². The number of hydrogen-bond acceptors (Lipinski definition) is 4. The Morgan fingerprint density at radius 2 is 1.93 bits per heavy atom. The Morgan fingerprint density at radius 3 is 2.62 bits per heavy atom. The lowest BCUT2D eigenvalue weighted by Gasteiger charge is -2.49. The van der Waals surface area contributed by atoms with Crippen LogP contribution in [0.4, 0.5) is 0 Å². The lowest BCUT2D eigenvalue weighted by molar-refractivity contribution is -0.0675. The number of benzene rings is 1. The number of nitrogens with zero attached hydrogens (tertiary/aromatic N) is 1. The van der Waals surface area contributed by atoms with Crippen molar-refractivity contribution >= 4 is 17.2 Å². The Kier molecular flexibility index (Phi) is 6.38. The molecule has 1 aliphatic carbocycles. The number of hydrogen-bond donors (Lipinski definition) is 2. The van der Waals surface area contributed by atoms with Crippen LogP contribution in [0.1, 0.15) is 66.7 Å². The molecule has 0 spiro atoms. The number of carbonyl (C=O) groups excluding carboxylic acids is 1. The Labute approximate surface area is 177 Å². The SMILES string of the molecule is C[C@@]1(O)CCN(CC2CCCCC2)[C@@H](c2cccs2)[C@@H]1NC(=O)c1ccccc1. The molecule has 1 aromatic heterocycles. The van der Waals surface area contributed by atoms with Crippen molar-refractivity contribution < 1.29 is 9.90 Å². The van der Waals surface area contributed by atoms with E-state index in [1.165, 1.54) is 37.0 Å². The third-order valence-electron chi connectivity index (χ3n) is 6.66. The molecule has 2 heterocycles. The fraction of sp³-hybridized carbons (Fsp3) is 0.542. The highest BCUT2D eigenvalue weighted by Gasteiger charge is 2.47. The average Bonchev–Trinajstić information content (AvgIpc) is 3.26. The highest BCUT2D eigenvalue weighted by molar-refractivity contribution is 7.10. The van der Waals surface area contributed by atoms with Crippen molar-refractivity contribution in [3.8, 4) is 0 Å². The Balaban J connectivity index is 1.60. The number of thiophene rings is 1. The molecule has 1 amide bonds. The van der Waals surface area contributed by atoms with Gasteiger partial charge in [0.2, 0.25) is 0 Å². The molecule has 4 nitrogen and oxygen atoms in total. The zero-order valence-electron chi connectivity index (χ0n) is 17.2. The summed E-state index contributed by atoms with van der Waals surface area (Å²) >= 11 is 1.72. The number of piperidine rings is 1. The van der Waals surface area contributed by atoms with Gasteiger partial charge in [0.05, 0.1) is 17.7 Å². The van der Waals surface area contributed by atoms with Gasteiger partial charge in [0.1, 0.15) is 0 Å². The van der Waals surface area contributed by atoms with Gasteiger partial charge in [-0.3, -0.25) is 9.69 Å². The summed E-state index contributed by atoms with van der Waals surface area (Å²) in [4.78, 5) is 16.7. The molecule has 1 aromatic carbocycles. The average molecular weight is 413 g/mol. The van der Waals surface area contributed by atoms with Crippen LogP contribution >= 0.6 is 11.3 Å². The van der Waals surface area contributed by atoms with Crippen LogP contribution in [-0.4, -0.2) is 40.6 Å². The van der Waals surface area contributed by atoms with E-state index >= 15 is 0 Å². The molecule has 1 aliphatic heterocycles. The van der Waals surface area contributed by atoms with E-state index in [0.717, 1.165) is 19.0 Å². The summed E-state index contributed by atoms with van der Waals surface area (Å²) < 4.78 is 0. The van der Waals surface area contributed by atoms with Crippen molar-refractivity contribution in [1.29, 1.82) is 0 Å². The summed E-state index contributed by atoms with van der Waals surface area (Å²) in [5, 5.41) is 16.6. The van der Waals surface area contributed by atoms with Crippen LogP contribution in [0.25, 0.3) is 0 Å². The van der Waals surface area contributed by atoms with E-state index < -0.39 is 5.60 Å². The van der Waals surface area contributed by atoms with Crippen LogP contribution in [0, 0.1) is 5.92 Å². The van der Waals surface area contributed by atoms with Gasteiger partial charge in [0.25, 0.3) is 5.91 Å². The summed E-state index contributed by atoms with van der Waals surface area (Å²) in [7, 11) is 0. The number of carbonyl (C=O) groups is 1. The third-order valence-corrected chi connectivity index (χ3v) is 7.60. The molecule has 0 unspecified atom stereocenters. The molecule has 2 N–H and O–H groups in total. The molecule has 2 aliphatic rings. The monoisotopic (exact) mass is 412 g/mol. The first-order valence-electron chi connectivity index (χ1n) is 10.9. The fourth-order valence-corrected chi connectivity index (χ4v) is 5.87. The van der Waals surface area contributed by atoms with Crippen molar-refractivity contribution in [2.75, 3.05) is 13.1 Å². The molecular weight excluding hydrogens is 380 g/mol. The highest BCUT2D eigenvalue weighted by Crippen LogP contribution is 2.40. The highest BCUT2D eigenvalue weighted by atomic mass is 32.1. The van der Waals surface area contributed by atoms with E-state index in [2.05, 4.69) is 27.7 Å². The maximum Gasteiger partial charge on any atom is 0.251 e. The van der Waals surface area contributed by atoms with E-state index in [1.807, 2.05) is 37.3 Å². The summed E-state index contributed by atoms with van der Waals surface area (Å²) in [6.07, 6.45) is 7.27. The van der Waals surface area contributed by atoms with Crippen LogP contribution in [0.5, 0.6) is 0 Å². The number of aliphatic hydroxyl groups is 1. The van der Waals surface area contributed by atoms with Gasteiger partial charge in [-0.15, -0.1) is 11.3 Å². The molecule has 0 bridgehead atoms. The van der Waals surface area contributed by atoms with E-state index in [-0.39, 0.29) is 18.0 Å². The quantitative estimate of drug-likeness (QED) is 0.753. The minimum atomic E-state index is -0.942. The van der Waals surface area contributed by atoms with Gasteiger partial charge in [0, 0.05) is 23.5 Å². The second-order valence-corrected chi connectivity index (χ2v) is 9.86. The zero-order chi connectivity index (χ0) is 20.3. The van der Waals surface area contributed by atoms with Gasteiger partial charge in [-0.1, -0.05) is 43.5 Å². The van der Waals surface area contributed by atoms with Gasteiger partial charge < -0.3 is 10.4 Å². The Bertz CT molecular complexity index is 784. The van der Waals surface area contributed by atoms with Crippen molar-refractivity contribution in [1.82, 2.24) is 10.2 Å². The van der Waals surface area contributed by atoms with E-state index in [0.29, 0.717) is 12.0 Å². The predicted molar refractivity (Wildman–Crippen MR) is 118 cm³/mol. The van der Waals surface area contributed by atoms with Crippen molar-refractivity contribution in [2.24, 2.45) is 5.92 Å². The summed E-state index contributed by atoms with van der Waals surface area (Å²) in [6.45, 7) is 3.79. The number of amides is 1. The number of likely N-dealkylation sites (tertiary alicyclic amines) is 1. The molecule has 29 heavy (non-hydrogen) atoms. The lowest BCUT2D eigenvalue weighted by Crippen LogP contribution is -2.62. The maximum absolute atomic E-state index is 13.0. The minimum Gasteiger partial charge on any atom is -0.388 e. The van der Waals surface area contributed by atoms with Gasteiger partial charge in [0.15, 0.2) is 0 Å². The van der Waals surface area contributed by atoms with E-state index in [1.54, 1.807) is 11.3 Å². The first kappa shape index (κ1) is 20.6. The third kappa shape index (κ3) is 4.73. The topological polar surface area (TPSA) is 52.6 Å². The maximum atomic E-state index is 13.0. The normalized spacial score (nSPS) is 28.9. The molecule has 2 aromatic rings. The van der Waals surface area contributed by atoms with Crippen LogP contribution in [0.2, 0.25) is 0 Å². The predicted octanol–water partition coefficient (Wildman–Crippen LogP) is 4.62. The minimum absolute atomic E-state index is 0.00772. The van der Waals surface area contributed by atoms with Crippen molar-refractivity contribution in [3.05, 3.63) is 58.3 Å². The second-order valence-electron chi connectivity index (χ2n) is 8.88. The molecule has 1 saturated heterocycles. The van der Waals surface area contributed by atoms with Crippen molar-refractivity contribution in [3.63, 3.8) is 0 Å². The number of nitrogens with one attached hydrogen (secondary N) is 1. The molecule has 2 fully saturated rings. The summed E-state index contributed by atoms with van der Waals surface area (Å²) in [5.74, 6) is 0.608. The second kappa shape index (κ2) is 8.99. The van der Waals surface area contributed by atoms with Crippen molar-refractivity contribution in [2.45, 2.75) is 63.1 Å². The summed E-state index contributed by atoms with van der Waals surface area (Å²) in [5.41, 5.74) is -0.306. The zero-order valence-corrected chi connectivity index (χ0v) is 18.0. The van der Waals surface area contributed by atoms with Crippen LogP contribution in [0.15, 0.2) is 47.8 Å². The fourth-order valence-electron chi connectivity index (χ4n) is 4.97. The molecule has 0 radical (unpaired) electrons. The molecule has 5 heteroatoms. The molecular formula is C24H32N2O2S. The van der Waals surface area contributed by atoms with Gasteiger partial charge in [-0.05, 0) is 55.7 Å². The Hall–Kier alpha value is -1.69. The van der Waals surface area contributed by atoms with Gasteiger partial charge in [-0.25, -0.2) is 0 Å². The first-order valence-corrected chi connectivity index (χ1v) is 11.8. The van der Waals surface area contributed by atoms with Crippen LogP contribution in [0.3, 0.4) is 0 Å². The van der Waals surface area contributed by atoms with Crippen LogP contribution < -0.4 is 5.32 Å². The van der Waals surface area contributed by atoms with Gasteiger partial charge >= 0.3 is 0 Å². The first-order chi connectivity index (χ1) is 14.0. The number of rotatable bonds is 5. The smallest absolute Gasteiger partial charge is 0.251 e.